The fraction of sp³-hybridized carbons (Fsp3) is 0.240. The van der Waals surface area contributed by atoms with Crippen molar-refractivity contribution in [1.29, 1.82) is 0 Å². The maximum atomic E-state index is 14.9. The Balaban J connectivity index is 1.41. The Morgan fingerprint density at radius 1 is 0.943 bits per heavy atom. The van der Waals surface area contributed by atoms with Gasteiger partial charge in [-0.3, -0.25) is 0 Å². The minimum atomic E-state index is -0.392. The fourth-order valence-corrected chi connectivity index (χ4v) is 5.15. The van der Waals surface area contributed by atoms with Gasteiger partial charge in [0.15, 0.2) is 5.82 Å². The highest BCUT2D eigenvalue weighted by Gasteiger charge is 2.23. The molecule has 178 valence electrons. The summed E-state index contributed by atoms with van der Waals surface area (Å²) in [7, 11) is 0. The average Bonchev–Trinajstić information content (AvgIpc) is 3.36. The molecule has 2 aromatic rings. The van der Waals surface area contributed by atoms with Crippen molar-refractivity contribution < 1.29 is 4.39 Å². The zero-order chi connectivity index (χ0) is 23.9. The van der Waals surface area contributed by atoms with Crippen LogP contribution >= 0.6 is 23.2 Å². The van der Waals surface area contributed by atoms with Crippen molar-refractivity contribution in [3.05, 3.63) is 70.1 Å². The lowest BCUT2D eigenvalue weighted by molar-refractivity contribution is 0.585. The summed E-state index contributed by atoms with van der Waals surface area (Å²) in [6.07, 6.45) is 1.72. The molecule has 0 unspecified atom stereocenters. The van der Waals surface area contributed by atoms with Crippen LogP contribution in [0.15, 0.2) is 53.7 Å². The van der Waals surface area contributed by atoms with Gasteiger partial charge in [0.05, 0.1) is 5.02 Å². The summed E-state index contributed by atoms with van der Waals surface area (Å²) in [5.74, 6) is 1.25. The first-order valence-electron chi connectivity index (χ1n) is 11.5. The Kier molecular flexibility index (Phi) is 5.80. The van der Waals surface area contributed by atoms with Gasteiger partial charge in [0.2, 0.25) is 0 Å². The topological polar surface area (TPSA) is 70.4 Å². The molecule has 6 rings (SSSR count). The molecule has 2 N–H and O–H groups in total. The third kappa shape index (κ3) is 4.22. The normalized spacial score (nSPS) is 16.0. The summed E-state index contributed by atoms with van der Waals surface area (Å²) in [6, 6.07) is 12.6. The number of rotatable bonds is 3. The predicted octanol–water partition coefficient (Wildman–Crippen LogP) is 4.56. The lowest BCUT2D eigenvalue weighted by Gasteiger charge is -2.29. The monoisotopic (exact) mass is 509 g/mol. The van der Waals surface area contributed by atoms with E-state index in [0.717, 1.165) is 73.3 Å². The highest BCUT2D eigenvalue weighted by Crippen LogP contribution is 2.40. The van der Waals surface area contributed by atoms with Gasteiger partial charge >= 0.3 is 0 Å². The average molecular weight is 510 g/mol. The Morgan fingerprint density at radius 2 is 1.80 bits per heavy atom. The van der Waals surface area contributed by atoms with Crippen molar-refractivity contribution >= 4 is 40.4 Å². The molecule has 0 spiro atoms. The molecule has 2 aromatic carbocycles. The number of piperazine rings is 1. The largest absolute Gasteiger partial charge is 0.369 e. The second-order valence-electron chi connectivity index (χ2n) is 8.54. The summed E-state index contributed by atoms with van der Waals surface area (Å²) >= 11 is 12.6. The van der Waals surface area contributed by atoms with E-state index in [0.29, 0.717) is 10.0 Å². The number of fused-ring (bicyclic) bond motifs is 3. The molecule has 1 saturated heterocycles. The van der Waals surface area contributed by atoms with Gasteiger partial charge in [-0.25, -0.2) is 14.4 Å². The van der Waals surface area contributed by atoms with Crippen LogP contribution in [0.2, 0.25) is 10.0 Å². The van der Waals surface area contributed by atoms with Crippen LogP contribution in [-0.2, 0) is 6.54 Å². The Hall–Kier alpha value is -3.20. The first kappa shape index (κ1) is 22.3. The van der Waals surface area contributed by atoms with Crippen molar-refractivity contribution in [2.45, 2.75) is 6.54 Å². The molecule has 0 amide bonds. The van der Waals surface area contributed by atoms with E-state index >= 15 is 0 Å². The third-order valence-corrected chi connectivity index (χ3v) is 6.89. The van der Waals surface area contributed by atoms with Crippen molar-refractivity contribution in [2.24, 2.45) is 4.99 Å². The molecule has 0 aliphatic carbocycles. The minimum Gasteiger partial charge on any atom is -0.369 e. The Morgan fingerprint density at radius 3 is 2.60 bits per heavy atom. The Bertz CT molecular complexity index is 1460. The van der Waals surface area contributed by atoms with Gasteiger partial charge in [-0.15, -0.1) is 0 Å². The molecule has 1 fully saturated rings. The molecule has 4 aliphatic heterocycles. The van der Waals surface area contributed by atoms with Crippen LogP contribution in [0.4, 0.5) is 21.6 Å². The number of aromatic nitrogens is 3. The summed E-state index contributed by atoms with van der Waals surface area (Å²) < 4.78 is 17.0. The van der Waals surface area contributed by atoms with E-state index in [2.05, 4.69) is 35.1 Å². The SMILES string of the molecule is Fc1cc(N2CCNCC2)ccc1N=c1ncc2cc(-c3ccc(Cl)cc3Cl)c3n(c-2n1)CCN3. The molecule has 7 nitrogen and oxygen atoms in total. The second-order valence-corrected chi connectivity index (χ2v) is 9.39. The lowest BCUT2D eigenvalue weighted by Crippen LogP contribution is -2.43. The standard InChI is InChI=1S/C25H22Cl2FN7/c26-16-1-3-18(20(27)12-16)19-11-15-14-31-25(33-23(15)35-10-7-30-24(19)35)32-22-4-2-17(13-21(22)28)34-8-5-29-6-9-34/h1-4,11-14,29-30H,5-10H2. The number of halogens is 3. The van der Waals surface area contributed by atoms with Crippen molar-refractivity contribution in [3.8, 4) is 22.5 Å². The van der Waals surface area contributed by atoms with Crippen LogP contribution in [0.1, 0.15) is 0 Å². The third-order valence-electron chi connectivity index (χ3n) is 6.35. The van der Waals surface area contributed by atoms with Gasteiger partial charge in [0.1, 0.15) is 17.3 Å². The first-order valence-corrected chi connectivity index (χ1v) is 12.2. The number of nitrogens with one attached hydrogen (secondary N) is 2. The molecule has 0 saturated carbocycles. The molecule has 10 heteroatoms. The van der Waals surface area contributed by atoms with Crippen LogP contribution < -0.4 is 21.2 Å². The zero-order valence-corrected chi connectivity index (χ0v) is 20.2. The fourth-order valence-electron chi connectivity index (χ4n) is 4.64. The van der Waals surface area contributed by atoms with Gasteiger partial charge in [-0.05, 0) is 36.4 Å². The molecular formula is C25H22Cl2FN7. The summed E-state index contributed by atoms with van der Waals surface area (Å²) in [4.78, 5) is 15.6. The zero-order valence-electron chi connectivity index (χ0n) is 18.7. The van der Waals surface area contributed by atoms with Crippen molar-refractivity contribution in [3.63, 3.8) is 0 Å². The molecule has 0 atom stereocenters. The van der Waals surface area contributed by atoms with Gasteiger partial charge in [-0.1, -0.05) is 29.3 Å². The van der Waals surface area contributed by atoms with Gasteiger partial charge < -0.3 is 20.1 Å². The molecule has 0 bridgehead atoms. The van der Waals surface area contributed by atoms with E-state index in [1.807, 2.05) is 24.3 Å². The number of nitrogens with zero attached hydrogens (tertiary/aromatic N) is 5. The molecule has 4 heterocycles. The van der Waals surface area contributed by atoms with E-state index in [-0.39, 0.29) is 11.3 Å². The molecule has 35 heavy (non-hydrogen) atoms. The lowest BCUT2D eigenvalue weighted by atomic mass is 10.0. The van der Waals surface area contributed by atoms with E-state index in [1.54, 1.807) is 18.3 Å². The highest BCUT2D eigenvalue weighted by atomic mass is 35.5. The molecular weight excluding hydrogens is 488 g/mol. The number of hydrogen-bond donors (Lipinski definition) is 2. The summed E-state index contributed by atoms with van der Waals surface area (Å²) in [6.45, 7) is 4.97. The first-order chi connectivity index (χ1) is 17.1. The van der Waals surface area contributed by atoms with Crippen LogP contribution in [0.25, 0.3) is 22.5 Å². The van der Waals surface area contributed by atoms with Crippen molar-refractivity contribution in [2.75, 3.05) is 42.9 Å². The van der Waals surface area contributed by atoms with E-state index in [9.17, 15) is 4.39 Å². The van der Waals surface area contributed by atoms with E-state index < -0.39 is 5.82 Å². The van der Waals surface area contributed by atoms with E-state index in [4.69, 9.17) is 23.2 Å². The number of pyridine rings is 1. The van der Waals surface area contributed by atoms with Gasteiger partial charge in [0, 0.05) is 72.9 Å². The van der Waals surface area contributed by atoms with Gasteiger partial charge in [0.25, 0.3) is 5.62 Å². The van der Waals surface area contributed by atoms with Crippen LogP contribution in [0.5, 0.6) is 0 Å². The number of hydrogen-bond acceptors (Lipinski definition) is 6. The molecule has 0 aromatic heterocycles. The summed E-state index contributed by atoms with van der Waals surface area (Å²) in [5.41, 5.74) is 3.94. The second kappa shape index (κ2) is 9.11. The van der Waals surface area contributed by atoms with Crippen LogP contribution in [0, 0.1) is 5.82 Å². The maximum absolute atomic E-state index is 14.9. The van der Waals surface area contributed by atoms with E-state index in [1.165, 1.54) is 6.07 Å². The van der Waals surface area contributed by atoms with Crippen LogP contribution in [0.3, 0.4) is 0 Å². The van der Waals surface area contributed by atoms with Crippen molar-refractivity contribution in [1.82, 2.24) is 19.9 Å². The smallest absolute Gasteiger partial charge is 0.251 e. The number of anilines is 2. The Labute approximate surface area is 211 Å². The molecule has 0 radical (unpaired) electrons. The minimum absolute atomic E-state index is 0.213. The summed E-state index contributed by atoms with van der Waals surface area (Å²) in [5, 5.41) is 7.89. The quantitative estimate of drug-likeness (QED) is 0.423. The highest BCUT2D eigenvalue weighted by molar-refractivity contribution is 6.36. The van der Waals surface area contributed by atoms with Gasteiger partial charge in [-0.2, -0.15) is 4.98 Å². The predicted molar refractivity (Wildman–Crippen MR) is 137 cm³/mol. The number of benzene rings is 2. The maximum Gasteiger partial charge on any atom is 0.251 e. The molecule has 4 aliphatic rings. The van der Waals surface area contributed by atoms with Crippen LogP contribution in [-0.4, -0.2) is 47.3 Å².